The summed E-state index contributed by atoms with van der Waals surface area (Å²) in [5.74, 6) is 0.940. The van der Waals surface area contributed by atoms with Gasteiger partial charge in [0.15, 0.2) is 0 Å². The highest BCUT2D eigenvalue weighted by Crippen LogP contribution is 2.49. The number of alkyl halides is 1. The van der Waals surface area contributed by atoms with E-state index in [2.05, 4.69) is 0 Å². The molecule has 5 heteroatoms. The minimum atomic E-state index is -3.38. The van der Waals surface area contributed by atoms with Crippen LogP contribution in [0.5, 0.6) is 11.5 Å². The lowest BCUT2D eigenvalue weighted by Crippen LogP contribution is -2.02. The normalized spacial score (nSPS) is 10.9. The van der Waals surface area contributed by atoms with E-state index in [1.807, 2.05) is 12.1 Å². The SMILES string of the molecule is O=P(CCl)(Oc1ccccc1)Oc1ccccc1. The second-order valence-corrected chi connectivity index (χ2v) is 6.08. The van der Waals surface area contributed by atoms with Crippen LogP contribution in [0.2, 0.25) is 0 Å². The fourth-order valence-corrected chi connectivity index (χ4v) is 2.66. The van der Waals surface area contributed by atoms with E-state index in [9.17, 15) is 4.57 Å². The van der Waals surface area contributed by atoms with Gasteiger partial charge in [-0.15, -0.1) is 11.6 Å². The maximum Gasteiger partial charge on any atom is 0.445 e. The summed E-state index contributed by atoms with van der Waals surface area (Å²) in [5.41, 5.74) is -0.212. The van der Waals surface area contributed by atoms with Gasteiger partial charge in [0.05, 0.1) is 0 Å². The zero-order valence-corrected chi connectivity index (χ0v) is 11.2. The van der Waals surface area contributed by atoms with Gasteiger partial charge in [0, 0.05) is 0 Å². The van der Waals surface area contributed by atoms with Crippen LogP contribution in [0.1, 0.15) is 0 Å². The van der Waals surface area contributed by atoms with Gasteiger partial charge in [-0.1, -0.05) is 36.4 Å². The first-order chi connectivity index (χ1) is 8.72. The quantitative estimate of drug-likeness (QED) is 0.597. The van der Waals surface area contributed by atoms with Crippen molar-refractivity contribution < 1.29 is 13.6 Å². The van der Waals surface area contributed by atoms with Crippen LogP contribution in [0.15, 0.2) is 60.7 Å². The van der Waals surface area contributed by atoms with E-state index in [1.165, 1.54) is 0 Å². The topological polar surface area (TPSA) is 35.5 Å². The average molecular weight is 283 g/mol. The van der Waals surface area contributed by atoms with Crippen LogP contribution in [0.25, 0.3) is 0 Å². The molecule has 0 heterocycles. The third kappa shape index (κ3) is 3.52. The van der Waals surface area contributed by atoms with Crippen LogP contribution in [0.3, 0.4) is 0 Å². The van der Waals surface area contributed by atoms with Crippen molar-refractivity contribution in [2.75, 3.05) is 5.62 Å². The molecule has 0 amide bonds. The summed E-state index contributed by atoms with van der Waals surface area (Å²) in [7, 11) is -3.38. The van der Waals surface area contributed by atoms with E-state index in [0.717, 1.165) is 0 Å². The molecule has 0 fully saturated rings. The van der Waals surface area contributed by atoms with Gasteiger partial charge in [-0.25, -0.2) is 4.57 Å². The molecular weight excluding hydrogens is 271 g/mol. The monoisotopic (exact) mass is 282 g/mol. The fourth-order valence-electron chi connectivity index (χ4n) is 1.35. The Bertz CT molecular complexity index is 485. The van der Waals surface area contributed by atoms with Gasteiger partial charge in [-0.3, -0.25) is 0 Å². The third-order valence-electron chi connectivity index (χ3n) is 2.12. The number of halogens is 1. The van der Waals surface area contributed by atoms with E-state index in [0.29, 0.717) is 11.5 Å². The lowest BCUT2D eigenvalue weighted by Gasteiger charge is -2.17. The Morgan fingerprint density at radius 2 is 1.22 bits per heavy atom. The molecule has 0 aromatic heterocycles. The van der Waals surface area contributed by atoms with Gasteiger partial charge < -0.3 is 9.05 Å². The summed E-state index contributed by atoms with van der Waals surface area (Å²) in [6.07, 6.45) is 0. The van der Waals surface area contributed by atoms with E-state index >= 15 is 0 Å². The van der Waals surface area contributed by atoms with E-state index in [-0.39, 0.29) is 5.62 Å². The Balaban J connectivity index is 2.14. The second-order valence-electron chi connectivity index (χ2n) is 3.54. The summed E-state index contributed by atoms with van der Waals surface area (Å²) in [4.78, 5) is 0. The molecule has 3 nitrogen and oxygen atoms in total. The van der Waals surface area contributed by atoms with Gasteiger partial charge in [0.25, 0.3) is 0 Å². The smallest absolute Gasteiger partial charge is 0.415 e. The largest absolute Gasteiger partial charge is 0.445 e. The van der Waals surface area contributed by atoms with Crippen molar-refractivity contribution in [2.24, 2.45) is 0 Å². The Kier molecular flexibility index (Phi) is 4.29. The molecule has 0 aliphatic heterocycles. The lowest BCUT2D eigenvalue weighted by atomic mass is 10.3. The summed E-state index contributed by atoms with van der Waals surface area (Å²) in [6.45, 7) is 0. The molecule has 94 valence electrons. The number of benzene rings is 2. The molecule has 2 aromatic rings. The zero-order chi connectivity index (χ0) is 12.8. The van der Waals surface area contributed by atoms with E-state index in [4.69, 9.17) is 20.6 Å². The van der Waals surface area contributed by atoms with Crippen LogP contribution in [0.4, 0.5) is 0 Å². The Morgan fingerprint density at radius 3 is 1.56 bits per heavy atom. The molecule has 0 saturated heterocycles. The first-order valence-electron chi connectivity index (χ1n) is 5.36. The van der Waals surface area contributed by atoms with E-state index in [1.54, 1.807) is 48.5 Å². The third-order valence-corrected chi connectivity index (χ3v) is 4.27. The van der Waals surface area contributed by atoms with Gasteiger partial charge >= 0.3 is 7.60 Å². The fraction of sp³-hybridized carbons (Fsp3) is 0.0769. The Labute approximate surface area is 111 Å². The number of hydrogen-bond acceptors (Lipinski definition) is 3. The number of para-hydroxylation sites is 2. The summed E-state index contributed by atoms with van der Waals surface area (Å²) >= 11 is 5.70. The predicted octanol–water partition coefficient (Wildman–Crippen LogP) is 4.53. The summed E-state index contributed by atoms with van der Waals surface area (Å²) < 4.78 is 23.1. The van der Waals surface area contributed by atoms with Crippen molar-refractivity contribution in [3.8, 4) is 11.5 Å². The van der Waals surface area contributed by atoms with Crippen molar-refractivity contribution in [1.29, 1.82) is 0 Å². The molecule has 0 aliphatic carbocycles. The highest BCUT2D eigenvalue weighted by molar-refractivity contribution is 7.56. The van der Waals surface area contributed by atoms with Gasteiger partial charge in [0.1, 0.15) is 17.1 Å². The van der Waals surface area contributed by atoms with Crippen LogP contribution in [-0.2, 0) is 4.57 Å². The van der Waals surface area contributed by atoms with Crippen LogP contribution in [-0.4, -0.2) is 5.62 Å². The van der Waals surface area contributed by atoms with Crippen LogP contribution < -0.4 is 9.05 Å². The first kappa shape index (κ1) is 13.0. The molecule has 0 aliphatic rings. The van der Waals surface area contributed by atoms with Crippen molar-refractivity contribution in [3.63, 3.8) is 0 Å². The molecule has 0 saturated carbocycles. The Hall–Kier alpha value is -1.44. The molecule has 2 aromatic carbocycles. The highest BCUT2D eigenvalue weighted by atomic mass is 35.5. The van der Waals surface area contributed by atoms with E-state index < -0.39 is 7.60 Å². The van der Waals surface area contributed by atoms with Crippen molar-refractivity contribution in [3.05, 3.63) is 60.7 Å². The number of rotatable bonds is 5. The molecule has 0 bridgehead atoms. The maximum absolute atomic E-state index is 12.3. The molecule has 0 spiro atoms. The molecule has 0 atom stereocenters. The van der Waals surface area contributed by atoms with Crippen LogP contribution in [0, 0.1) is 0 Å². The minimum absolute atomic E-state index is 0.212. The molecule has 0 radical (unpaired) electrons. The molecule has 0 unspecified atom stereocenters. The highest BCUT2D eigenvalue weighted by Gasteiger charge is 2.26. The number of hydrogen-bond donors (Lipinski definition) is 0. The van der Waals surface area contributed by atoms with Crippen molar-refractivity contribution in [1.82, 2.24) is 0 Å². The summed E-state index contributed by atoms with van der Waals surface area (Å²) in [6, 6.07) is 17.6. The lowest BCUT2D eigenvalue weighted by molar-refractivity contribution is 0.391. The molecule has 2 rings (SSSR count). The average Bonchev–Trinajstić information content (AvgIpc) is 2.41. The van der Waals surface area contributed by atoms with Gasteiger partial charge in [-0.05, 0) is 24.3 Å². The zero-order valence-electron chi connectivity index (χ0n) is 9.53. The molecule has 0 N–H and O–H groups in total. The molecule has 18 heavy (non-hydrogen) atoms. The van der Waals surface area contributed by atoms with Crippen LogP contribution >= 0.6 is 19.2 Å². The first-order valence-corrected chi connectivity index (χ1v) is 7.62. The Morgan fingerprint density at radius 1 is 0.833 bits per heavy atom. The van der Waals surface area contributed by atoms with Crippen molar-refractivity contribution in [2.45, 2.75) is 0 Å². The second kappa shape index (κ2) is 5.94. The predicted molar refractivity (Wildman–Crippen MR) is 72.5 cm³/mol. The summed E-state index contributed by atoms with van der Waals surface area (Å²) in [5, 5.41) is 0. The van der Waals surface area contributed by atoms with Crippen molar-refractivity contribution >= 4 is 19.2 Å². The standard InChI is InChI=1S/C13H12ClO3P/c14-11-18(15,16-12-7-3-1-4-8-12)17-13-9-5-2-6-10-13/h1-10H,11H2. The minimum Gasteiger partial charge on any atom is -0.415 e. The maximum atomic E-state index is 12.3. The van der Waals surface area contributed by atoms with Gasteiger partial charge in [0.2, 0.25) is 0 Å². The van der Waals surface area contributed by atoms with Gasteiger partial charge in [-0.2, -0.15) is 0 Å². The molecular formula is C13H12ClO3P.